The minimum Gasteiger partial charge on any atom is -0.428 e. The molecule has 2 heteroatoms. The molecule has 0 bridgehead atoms. The van der Waals surface area contributed by atoms with E-state index in [4.69, 9.17) is 0 Å². The molecule has 0 heterocycles. The smallest absolute Gasteiger partial charge is 0.145 e. The van der Waals surface area contributed by atoms with Gasteiger partial charge in [0.25, 0.3) is 0 Å². The summed E-state index contributed by atoms with van der Waals surface area (Å²) in [6.45, 7) is 9.65. The summed E-state index contributed by atoms with van der Waals surface area (Å²) in [5.41, 5.74) is 4.23. The second-order valence-electron chi connectivity index (χ2n) is 5.74. The van der Waals surface area contributed by atoms with Gasteiger partial charge in [-0.2, -0.15) is 0 Å². The first-order valence-corrected chi connectivity index (χ1v) is 7.96. The lowest BCUT2D eigenvalue weighted by atomic mass is 9.82. The Kier molecular flexibility index (Phi) is 6.69. The summed E-state index contributed by atoms with van der Waals surface area (Å²) in [6, 6.07) is 19.2. The molecule has 0 aliphatic heterocycles. The van der Waals surface area contributed by atoms with Crippen molar-refractivity contribution in [3.8, 4) is 11.1 Å². The Bertz CT molecular complexity index is 498. The summed E-state index contributed by atoms with van der Waals surface area (Å²) in [4.78, 5) is 0. The molecule has 0 N–H and O–H groups in total. The van der Waals surface area contributed by atoms with Crippen LogP contribution in [0.25, 0.3) is 11.1 Å². The molecule has 0 aromatic heterocycles. The first-order valence-electron chi connectivity index (χ1n) is 7.14. The van der Waals surface area contributed by atoms with Gasteiger partial charge in [-0.15, -0.1) is 0 Å². The van der Waals surface area contributed by atoms with E-state index in [1.54, 1.807) is 0 Å². The molecule has 0 spiro atoms. The molecule has 2 rings (SSSR count). The van der Waals surface area contributed by atoms with Crippen LogP contribution < -0.4 is 0 Å². The van der Waals surface area contributed by atoms with Gasteiger partial charge >= 0.3 is 0 Å². The lowest BCUT2D eigenvalue weighted by Gasteiger charge is -2.23. The van der Waals surface area contributed by atoms with Crippen molar-refractivity contribution in [2.24, 2.45) is 0 Å². The largest absolute Gasteiger partial charge is 0.428 e. The third-order valence-electron chi connectivity index (χ3n) is 3.11. The van der Waals surface area contributed by atoms with Gasteiger partial charge in [-0.25, -0.2) is 0 Å². The van der Waals surface area contributed by atoms with Gasteiger partial charge < -0.3 is 4.43 Å². The molecule has 2 aromatic rings. The zero-order chi connectivity index (χ0) is 15.0. The highest BCUT2D eigenvalue weighted by Gasteiger charge is 2.17. The van der Waals surface area contributed by atoms with Crippen LogP contribution in [0.1, 0.15) is 33.3 Å². The van der Waals surface area contributed by atoms with E-state index in [0.29, 0.717) is 0 Å². The van der Waals surface area contributed by atoms with Gasteiger partial charge in [0, 0.05) is 6.61 Å². The van der Waals surface area contributed by atoms with Crippen molar-refractivity contribution in [1.29, 1.82) is 0 Å². The molecule has 0 saturated carbocycles. The molecule has 0 fully saturated rings. The average Bonchev–Trinajstić information content (AvgIpc) is 2.47. The summed E-state index contributed by atoms with van der Waals surface area (Å²) in [6.07, 6.45) is 0. The summed E-state index contributed by atoms with van der Waals surface area (Å²) >= 11 is 0. The molecular weight excluding hydrogens is 260 g/mol. The Morgan fingerprint density at radius 1 is 0.900 bits per heavy atom. The molecule has 0 saturated heterocycles. The van der Waals surface area contributed by atoms with Crippen LogP contribution >= 0.6 is 0 Å². The standard InChI is InChI=1S/C16H18.C2H8OSi/c1-16(2,3)15-12-8-7-11-14(15)13-9-5-4-6-10-13;1-2-3-4/h4-12H,1-3H3;2H2,1,4H3. The van der Waals surface area contributed by atoms with E-state index in [0.717, 1.165) is 17.1 Å². The maximum Gasteiger partial charge on any atom is 0.145 e. The fourth-order valence-electron chi connectivity index (χ4n) is 2.01. The van der Waals surface area contributed by atoms with Gasteiger partial charge in [0.2, 0.25) is 0 Å². The SMILES string of the molecule is CC(C)(C)c1ccccc1-c1ccccc1.CCO[SiH3]. The van der Waals surface area contributed by atoms with Crippen molar-refractivity contribution in [3.63, 3.8) is 0 Å². The van der Waals surface area contributed by atoms with E-state index in [1.165, 1.54) is 16.7 Å². The van der Waals surface area contributed by atoms with E-state index >= 15 is 0 Å². The lowest BCUT2D eigenvalue weighted by molar-refractivity contribution is 0.375. The van der Waals surface area contributed by atoms with Crippen LogP contribution in [0.3, 0.4) is 0 Å². The molecule has 0 aliphatic rings. The molecule has 0 unspecified atom stereocenters. The zero-order valence-corrected chi connectivity index (χ0v) is 15.3. The van der Waals surface area contributed by atoms with Crippen LogP contribution in [0.2, 0.25) is 0 Å². The van der Waals surface area contributed by atoms with E-state index in [-0.39, 0.29) is 5.41 Å². The summed E-state index contributed by atoms with van der Waals surface area (Å²) in [5, 5.41) is 0. The average molecular weight is 286 g/mol. The molecular formula is C18H26OSi. The highest BCUT2D eigenvalue weighted by Crippen LogP contribution is 2.32. The lowest BCUT2D eigenvalue weighted by Crippen LogP contribution is -2.12. The monoisotopic (exact) mass is 286 g/mol. The predicted octanol–water partition coefficient (Wildman–Crippen LogP) is 3.95. The van der Waals surface area contributed by atoms with Crippen LogP contribution in [0.15, 0.2) is 54.6 Å². The predicted molar refractivity (Wildman–Crippen MR) is 92.1 cm³/mol. The third kappa shape index (κ3) is 4.95. The van der Waals surface area contributed by atoms with Crippen LogP contribution in [0, 0.1) is 0 Å². The first kappa shape index (κ1) is 16.7. The van der Waals surface area contributed by atoms with Crippen LogP contribution in [0.4, 0.5) is 0 Å². The van der Waals surface area contributed by atoms with Gasteiger partial charge in [0.15, 0.2) is 0 Å². The van der Waals surface area contributed by atoms with E-state index in [9.17, 15) is 0 Å². The summed E-state index contributed by atoms with van der Waals surface area (Å²) < 4.78 is 4.68. The maximum atomic E-state index is 4.68. The molecule has 108 valence electrons. The molecule has 0 atom stereocenters. The Morgan fingerprint density at radius 3 is 1.90 bits per heavy atom. The number of hydrogen-bond acceptors (Lipinski definition) is 1. The second kappa shape index (κ2) is 8.03. The van der Waals surface area contributed by atoms with Crippen LogP contribution in [-0.2, 0) is 9.84 Å². The van der Waals surface area contributed by atoms with E-state index in [1.807, 2.05) is 6.92 Å². The van der Waals surface area contributed by atoms with Gasteiger partial charge in [-0.3, -0.25) is 0 Å². The van der Waals surface area contributed by atoms with Gasteiger partial charge in [0.1, 0.15) is 10.5 Å². The van der Waals surface area contributed by atoms with Crippen LogP contribution in [0.5, 0.6) is 0 Å². The number of rotatable bonds is 2. The second-order valence-corrected chi connectivity index (χ2v) is 6.32. The van der Waals surface area contributed by atoms with Crippen molar-refractivity contribution in [2.75, 3.05) is 6.61 Å². The van der Waals surface area contributed by atoms with E-state index < -0.39 is 0 Å². The summed E-state index contributed by atoms with van der Waals surface area (Å²) in [5.74, 6) is 0. The van der Waals surface area contributed by atoms with Crippen molar-refractivity contribution >= 4 is 10.5 Å². The molecule has 0 radical (unpaired) electrons. The Labute approximate surface area is 126 Å². The molecule has 1 nitrogen and oxygen atoms in total. The minimum atomic E-state index is 0.187. The van der Waals surface area contributed by atoms with Gasteiger partial charge in [-0.1, -0.05) is 75.4 Å². The fourth-order valence-corrected chi connectivity index (χ4v) is 2.01. The highest BCUT2D eigenvalue weighted by atomic mass is 28.2. The normalized spacial score (nSPS) is 10.8. The maximum absolute atomic E-state index is 4.68. The van der Waals surface area contributed by atoms with Crippen molar-refractivity contribution in [1.82, 2.24) is 0 Å². The number of hydrogen-bond donors (Lipinski definition) is 0. The Hall–Kier alpha value is -1.38. The minimum absolute atomic E-state index is 0.187. The quantitative estimate of drug-likeness (QED) is 0.760. The molecule has 0 aliphatic carbocycles. The molecule has 0 amide bonds. The Morgan fingerprint density at radius 2 is 1.40 bits per heavy atom. The van der Waals surface area contributed by atoms with E-state index in [2.05, 4.69) is 79.8 Å². The van der Waals surface area contributed by atoms with Crippen molar-refractivity contribution in [2.45, 2.75) is 33.1 Å². The first-order chi connectivity index (χ1) is 9.50. The highest BCUT2D eigenvalue weighted by molar-refractivity contribution is 5.97. The zero-order valence-electron chi connectivity index (χ0n) is 13.3. The fraction of sp³-hybridized carbons (Fsp3) is 0.333. The molecule has 20 heavy (non-hydrogen) atoms. The molecule has 2 aromatic carbocycles. The summed E-state index contributed by atoms with van der Waals surface area (Å²) in [7, 11) is 0.890. The van der Waals surface area contributed by atoms with Gasteiger partial charge in [-0.05, 0) is 29.0 Å². The van der Waals surface area contributed by atoms with Crippen molar-refractivity contribution < 1.29 is 4.43 Å². The van der Waals surface area contributed by atoms with Gasteiger partial charge in [0.05, 0.1) is 0 Å². The van der Waals surface area contributed by atoms with Crippen molar-refractivity contribution in [3.05, 3.63) is 60.2 Å². The Balaban J connectivity index is 0.000000444. The third-order valence-corrected chi connectivity index (χ3v) is 3.69. The topological polar surface area (TPSA) is 9.23 Å². The number of benzene rings is 2. The van der Waals surface area contributed by atoms with Crippen LogP contribution in [-0.4, -0.2) is 17.1 Å².